The highest BCUT2D eigenvalue weighted by Gasteiger charge is 2.35. The van der Waals surface area contributed by atoms with Crippen molar-refractivity contribution in [3.8, 4) is 0 Å². The van der Waals surface area contributed by atoms with Crippen LogP contribution in [0.15, 0.2) is 24.3 Å². The van der Waals surface area contributed by atoms with Gasteiger partial charge in [-0.05, 0) is 80.0 Å². The molecule has 1 aromatic carbocycles. The van der Waals surface area contributed by atoms with Gasteiger partial charge in [-0.3, -0.25) is 0 Å². The topological polar surface area (TPSA) is 12.0 Å². The standard InChI is InChI=1S/C19H28ClN/c1-19(2)10-9-15(13-21-18-7-8-18)16(12-19)11-14-3-5-17(20)6-4-14/h3-6,15-16,18,21H,7-13H2,1-2H3. The highest BCUT2D eigenvalue weighted by molar-refractivity contribution is 6.30. The smallest absolute Gasteiger partial charge is 0.0406 e. The van der Waals surface area contributed by atoms with Crippen LogP contribution in [0.5, 0.6) is 0 Å². The van der Waals surface area contributed by atoms with Crippen LogP contribution in [0.2, 0.25) is 5.02 Å². The summed E-state index contributed by atoms with van der Waals surface area (Å²) in [6.07, 6.45) is 8.09. The van der Waals surface area contributed by atoms with Crippen molar-refractivity contribution >= 4 is 11.6 Å². The number of hydrogen-bond donors (Lipinski definition) is 1. The maximum Gasteiger partial charge on any atom is 0.0406 e. The zero-order valence-corrected chi connectivity index (χ0v) is 14.1. The summed E-state index contributed by atoms with van der Waals surface area (Å²) in [5, 5.41) is 4.60. The molecule has 0 saturated heterocycles. The lowest BCUT2D eigenvalue weighted by atomic mass is 9.65. The first-order chi connectivity index (χ1) is 10.0. The maximum atomic E-state index is 6.01. The molecule has 116 valence electrons. The van der Waals surface area contributed by atoms with E-state index in [1.807, 2.05) is 12.1 Å². The molecule has 2 saturated carbocycles. The van der Waals surface area contributed by atoms with Gasteiger partial charge in [0.25, 0.3) is 0 Å². The Hall–Kier alpha value is -0.530. The van der Waals surface area contributed by atoms with Gasteiger partial charge in [-0.25, -0.2) is 0 Å². The quantitative estimate of drug-likeness (QED) is 0.800. The average molecular weight is 306 g/mol. The second-order valence-corrected chi connectivity index (χ2v) is 8.38. The molecule has 0 heterocycles. The Labute approximate surface area is 134 Å². The fraction of sp³-hybridized carbons (Fsp3) is 0.684. The lowest BCUT2D eigenvalue weighted by Crippen LogP contribution is -2.37. The predicted octanol–water partition coefficient (Wildman–Crippen LogP) is 5.08. The monoisotopic (exact) mass is 305 g/mol. The fourth-order valence-corrected chi connectivity index (χ4v) is 3.95. The van der Waals surface area contributed by atoms with Gasteiger partial charge in [0.15, 0.2) is 0 Å². The Morgan fingerprint density at radius 2 is 1.81 bits per heavy atom. The first-order valence-electron chi connectivity index (χ1n) is 8.50. The van der Waals surface area contributed by atoms with Crippen LogP contribution in [0.1, 0.15) is 51.5 Å². The molecule has 0 aromatic heterocycles. The van der Waals surface area contributed by atoms with Crippen LogP contribution in [0.3, 0.4) is 0 Å². The number of hydrogen-bond acceptors (Lipinski definition) is 1. The van der Waals surface area contributed by atoms with Gasteiger partial charge in [0, 0.05) is 11.1 Å². The second kappa shape index (κ2) is 6.30. The van der Waals surface area contributed by atoms with Gasteiger partial charge < -0.3 is 5.32 Å². The average Bonchev–Trinajstić information content (AvgIpc) is 3.24. The first-order valence-corrected chi connectivity index (χ1v) is 8.87. The van der Waals surface area contributed by atoms with Crippen LogP contribution in [-0.4, -0.2) is 12.6 Å². The van der Waals surface area contributed by atoms with Crippen molar-refractivity contribution in [1.82, 2.24) is 5.32 Å². The lowest BCUT2D eigenvalue weighted by molar-refractivity contribution is 0.115. The molecule has 2 atom stereocenters. The summed E-state index contributed by atoms with van der Waals surface area (Å²) in [7, 11) is 0. The molecule has 0 amide bonds. The Balaban J connectivity index is 1.64. The summed E-state index contributed by atoms with van der Waals surface area (Å²) in [5.74, 6) is 1.65. The van der Waals surface area contributed by atoms with Gasteiger partial charge in [-0.2, -0.15) is 0 Å². The van der Waals surface area contributed by atoms with E-state index < -0.39 is 0 Å². The summed E-state index contributed by atoms with van der Waals surface area (Å²) < 4.78 is 0. The second-order valence-electron chi connectivity index (χ2n) is 7.94. The Kier molecular flexibility index (Phi) is 4.61. The van der Waals surface area contributed by atoms with E-state index in [0.717, 1.165) is 22.9 Å². The van der Waals surface area contributed by atoms with E-state index in [2.05, 4.69) is 31.3 Å². The van der Waals surface area contributed by atoms with Crippen LogP contribution in [0.25, 0.3) is 0 Å². The normalized spacial score (nSPS) is 28.5. The zero-order valence-electron chi connectivity index (χ0n) is 13.4. The summed E-state index contributed by atoms with van der Waals surface area (Å²) in [4.78, 5) is 0. The van der Waals surface area contributed by atoms with Crippen molar-refractivity contribution in [2.75, 3.05) is 6.54 Å². The molecule has 2 aliphatic carbocycles. The van der Waals surface area contributed by atoms with Crippen LogP contribution in [0.4, 0.5) is 0 Å². The van der Waals surface area contributed by atoms with E-state index in [1.54, 1.807) is 0 Å². The first kappa shape index (κ1) is 15.4. The Morgan fingerprint density at radius 3 is 2.48 bits per heavy atom. The summed E-state index contributed by atoms with van der Waals surface area (Å²) in [6, 6.07) is 9.30. The maximum absolute atomic E-state index is 6.01. The SMILES string of the molecule is CC1(C)CCC(CNC2CC2)C(Cc2ccc(Cl)cc2)C1. The van der Waals surface area contributed by atoms with Crippen LogP contribution < -0.4 is 5.32 Å². The van der Waals surface area contributed by atoms with Gasteiger partial charge >= 0.3 is 0 Å². The Bertz CT molecular complexity index is 459. The van der Waals surface area contributed by atoms with Crippen molar-refractivity contribution < 1.29 is 0 Å². The number of halogens is 1. The number of benzene rings is 1. The van der Waals surface area contributed by atoms with Gasteiger partial charge in [-0.15, -0.1) is 0 Å². The van der Waals surface area contributed by atoms with Gasteiger partial charge in [-0.1, -0.05) is 37.6 Å². The van der Waals surface area contributed by atoms with Crippen LogP contribution in [0, 0.1) is 17.3 Å². The summed E-state index contributed by atoms with van der Waals surface area (Å²) in [5.41, 5.74) is 1.95. The molecule has 2 unspecified atom stereocenters. The third-order valence-corrected chi connectivity index (χ3v) is 5.58. The van der Waals surface area contributed by atoms with Gasteiger partial charge in [0.1, 0.15) is 0 Å². The van der Waals surface area contributed by atoms with Crippen molar-refractivity contribution in [3.63, 3.8) is 0 Å². The fourth-order valence-electron chi connectivity index (χ4n) is 3.83. The Morgan fingerprint density at radius 1 is 1.10 bits per heavy atom. The van der Waals surface area contributed by atoms with Crippen molar-refractivity contribution in [2.24, 2.45) is 17.3 Å². The third-order valence-electron chi connectivity index (χ3n) is 5.33. The molecule has 0 aliphatic heterocycles. The van der Waals surface area contributed by atoms with E-state index in [4.69, 9.17) is 11.6 Å². The van der Waals surface area contributed by atoms with Gasteiger partial charge in [0.05, 0.1) is 0 Å². The molecule has 3 rings (SSSR count). The highest BCUT2D eigenvalue weighted by atomic mass is 35.5. The molecule has 2 heteroatoms. The molecule has 1 aromatic rings. The molecule has 0 spiro atoms. The minimum Gasteiger partial charge on any atom is -0.314 e. The van der Waals surface area contributed by atoms with Crippen LogP contribution >= 0.6 is 11.6 Å². The van der Waals surface area contributed by atoms with Crippen molar-refractivity contribution in [3.05, 3.63) is 34.9 Å². The lowest BCUT2D eigenvalue weighted by Gasteiger charge is -2.41. The van der Waals surface area contributed by atoms with Crippen molar-refractivity contribution in [2.45, 2.75) is 58.4 Å². The predicted molar refractivity (Wildman–Crippen MR) is 90.8 cm³/mol. The van der Waals surface area contributed by atoms with E-state index in [0.29, 0.717) is 5.41 Å². The molecule has 0 radical (unpaired) electrons. The third kappa shape index (κ3) is 4.47. The molecule has 0 bridgehead atoms. The molecule has 2 aliphatic rings. The molecular formula is C19H28ClN. The number of nitrogens with one attached hydrogen (secondary N) is 1. The van der Waals surface area contributed by atoms with Crippen LogP contribution in [-0.2, 0) is 6.42 Å². The molecule has 1 N–H and O–H groups in total. The molecule has 21 heavy (non-hydrogen) atoms. The van der Waals surface area contributed by atoms with E-state index >= 15 is 0 Å². The molecule has 1 nitrogen and oxygen atoms in total. The number of rotatable bonds is 5. The highest BCUT2D eigenvalue weighted by Crippen LogP contribution is 2.43. The minimum absolute atomic E-state index is 0.507. The summed E-state index contributed by atoms with van der Waals surface area (Å²) >= 11 is 6.01. The van der Waals surface area contributed by atoms with E-state index in [9.17, 15) is 0 Å². The minimum atomic E-state index is 0.507. The van der Waals surface area contributed by atoms with Gasteiger partial charge in [0.2, 0.25) is 0 Å². The van der Waals surface area contributed by atoms with E-state index in [-0.39, 0.29) is 0 Å². The summed E-state index contributed by atoms with van der Waals surface area (Å²) in [6.45, 7) is 6.10. The van der Waals surface area contributed by atoms with E-state index in [1.165, 1.54) is 50.6 Å². The molecular weight excluding hydrogens is 278 g/mol. The largest absolute Gasteiger partial charge is 0.314 e. The zero-order chi connectivity index (χ0) is 14.9. The van der Waals surface area contributed by atoms with Crippen molar-refractivity contribution in [1.29, 1.82) is 0 Å². The molecule has 2 fully saturated rings.